The summed E-state index contributed by atoms with van der Waals surface area (Å²) in [5, 5.41) is 8.29. The third kappa shape index (κ3) is 4.28. The van der Waals surface area contributed by atoms with Gasteiger partial charge in [-0.15, -0.1) is 0 Å². The van der Waals surface area contributed by atoms with Gasteiger partial charge in [0.2, 0.25) is 5.95 Å². The fourth-order valence-electron chi connectivity index (χ4n) is 8.13. The normalized spacial score (nSPS) is 11.8. The SMILES string of the molecule is c1ccc(-c2ccc(-c3nc(-n4c5ccccc5c5cc6c7ccc8ccccc8c7n(-c7ccccc7)c6cc54)nc4ccccc34)cc2)cc1. The highest BCUT2D eigenvalue weighted by Crippen LogP contribution is 2.42. The molecule has 0 N–H and O–H groups in total. The lowest BCUT2D eigenvalue weighted by Gasteiger charge is -2.13. The minimum Gasteiger partial charge on any atom is -0.309 e. The Bertz CT molecular complexity index is 3160. The first-order valence-electron chi connectivity index (χ1n) is 17.7. The summed E-state index contributed by atoms with van der Waals surface area (Å²) in [5.41, 5.74) is 10.9. The number of hydrogen-bond donors (Lipinski definition) is 0. The number of para-hydroxylation sites is 3. The summed E-state index contributed by atoms with van der Waals surface area (Å²) >= 11 is 0. The molecule has 0 saturated carbocycles. The molecule has 0 aliphatic rings. The van der Waals surface area contributed by atoms with Gasteiger partial charge in [0, 0.05) is 43.6 Å². The Balaban J connectivity index is 1.22. The average Bonchev–Trinajstić information content (AvgIpc) is 3.72. The van der Waals surface area contributed by atoms with Crippen LogP contribution in [0.4, 0.5) is 0 Å². The van der Waals surface area contributed by atoms with Gasteiger partial charge in [-0.3, -0.25) is 4.57 Å². The molecule has 3 heterocycles. The number of benzene rings is 8. The van der Waals surface area contributed by atoms with Gasteiger partial charge in [0.1, 0.15) is 0 Å². The average molecular weight is 663 g/mol. The third-order valence-electron chi connectivity index (χ3n) is 10.5. The van der Waals surface area contributed by atoms with Crippen molar-refractivity contribution in [1.82, 2.24) is 19.1 Å². The van der Waals surface area contributed by atoms with Crippen molar-refractivity contribution < 1.29 is 0 Å². The lowest BCUT2D eigenvalue weighted by atomic mass is 10.0. The molecule has 4 heteroatoms. The Morgan fingerprint density at radius 2 is 0.962 bits per heavy atom. The van der Waals surface area contributed by atoms with E-state index in [9.17, 15) is 0 Å². The zero-order valence-corrected chi connectivity index (χ0v) is 28.1. The van der Waals surface area contributed by atoms with Gasteiger partial charge in [-0.25, -0.2) is 9.97 Å². The van der Waals surface area contributed by atoms with Gasteiger partial charge in [0.05, 0.1) is 33.3 Å². The van der Waals surface area contributed by atoms with E-state index in [4.69, 9.17) is 9.97 Å². The second kappa shape index (κ2) is 11.2. The van der Waals surface area contributed by atoms with Crippen LogP contribution in [0.3, 0.4) is 0 Å². The lowest BCUT2D eigenvalue weighted by molar-refractivity contribution is 1.01. The van der Waals surface area contributed by atoms with Gasteiger partial charge in [0.15, 0.2) is 0 Å². The third-order valence-corrected chi connectivity index (χ3v) is 10.5. The number of nitrogens with zero attached hydrogens (tertiary/aromatic N) is 4. The monoisotopic (exact) mass is 662 g/mol. The molecule has 0 spiro atoms. The van der Waals surface area contributed by atoms with Crippen molar-refractivity contribution in [2.75, 3.05) is 0 Å². The number of rotatable bonds is 4. The summed E-state index contributed by atoms with van der Waals surface area (Å²) in [6.07, 6.45) is 0. The predicted molar refractivity (Wildman–Crippen MR) is 217 cm³/mol. The van der Waals surface area contributed by atoms with E-state index in [2.05, 4.69) is 191 Å². The topological polar surface area (TPSA) is 35.6 Å². The Kier molecular flexibility index (Phi) is 6.22. The molecule has 3 aromatic heterocycles. The van der Waals surface area contributed by atoms with Crippen molar-refractivity contribution in [2.24, 2.45) is 0 Å². The maximum atomic E-state index is 5.41. The van der Waals surface area contributed by atoms with Crippen LogP contribution in [-0.4, -0.2) is 19.1 Å². The van der Waals surface area contributed by atoms with Crippen molar-refractivity contribution in [3.63, 3.8) is 0 Å². The molecule has 4 nitrogen and oxygen atoms in total. The minimum atomic E-state index is 0.652. The molecule has 0 amide bonds. The smallest absolute Gasteiger partial charge is 0.235 e. The standard InChI is InChI=1S/C48H30N4/c1-3-13-31(14-4-1)32-23-25-34(26-24-32)46-39-20-9-11-21-42(39)49-48(50-46)52-43-22-12-10-19-37(43)40-29-41-38-28-27-33-15-7-8-18-36(33)47(38)51(44(41)30-45(40)52)35-16-5-2-6-17-35/h1-30H. The Labute approximate surface area is 299 Å². The zero-order valence-electron chi connectivity index (χ0n) is 28.1. The predicted octanol–water partition coefficient (Wildman–Crippen LogP) is 12.3. The van der Waals surface area contributed by atoms with Gasteiger partial charge in [0.25, 0.3) is 0 Å². The van der Waals surface area contributed by atoms with Crippen molar-refractivity contribution in [3.05, 3.63) is 182 Å². The summed E-state index contributed by atoms with van der Waals surface area (Å²) in [5.74, 6) is 0.652. The van der Waals surface area contributed by atoms with Crippen LogP contribution in [-0.2, 0) is 0 Å². The van der Waals surface area contributed by atoms with Gasteiger partial charge in [-0.2, -0.15) is 0 Å². The van der Waals surface area contributed by atoms with E-state index in [1.165, 1.54) is 49.0 Å². The molecule has 0 aliphatic carbocycles. The number of aromatic nitrogens is 4. The van der Waals surface area contributed by atoms with Crippen LogP contribution in [0.25, 0.3) is 99.3 Å². The second-order valence-electron chi connectivity index (χ2n) is 13.4. The van der Waals surface area contributed by atoms with E-state index in [-0.39, 0.29) is 0 Å². The molecule has 0 saturated heterocycles. The highest BCUT2D eigenvalue weighted by molar-refractivity contribution is 6.23. The largest absolute Gasteiger partial charge is 0.309 e. The summed E-state index contributed by atoms with van der Waals surface area (Å²) in [4.78, 5) is 10.7. The fourth-order valence-corrected chi connectivity index (χ4v) is 8.13. The van der Waals surface area contributed by atoms with Gasteiger partial charge >= 0.3 is 0 Å². The summed E-state index contributed by atoms with van der Waals surface area (Å²) in [7, 11) is 0. The lowest BCUT2D eigenvalue weighted by Crippen LogP contribution is -2.03. The fraction of sp³-hybridized carbons (Fsp3) is 0. The summed E-state index contributed by atoms with van der Waals surface area (Å²) in [6, 6.07) is 64.8. The Hall–Kier alpha value is -7.04. The molecule has 0 aliphatic heterocycles. The van der Waals surface area contributed by atoms with Crippen molar-refractivity contribution >= 4 is 65.3 Å². The molecule has 0 fully saturated rings. The van der Waals surface area contributed by atoms with Gasteiger partial charge in [-0.1, -0.05) is 146 Å². The van der Waals surface area contributed by atoms with E-state index in [1.54, 1.807) is 0 Å². The van der Waals surface area contributed by atoms with E-state index in [0.717, 1.165) is 44.4 Å². The maximum Gasteiger partial charge on any atom is 0.235 e. The molecule has 0 atom stereocenters. The van der Waals surface area contributed by atoms with Crippen LogP contribution in [0, 0.1) is 0 Å². The molecule has 11 rings (SSSR count). The van der Waals surface area contributed by atoms with Crippen LogP contribution < -0.4 is 0 Å². The summed E-state index contributed by atoms with van der Waals surface area (Å²) < 4.78 is 4.68. The molecule has 0 unspecified atom stereocenters. The van der Waals surface area contributed by atoms with Crippen LogP contribution in [0.15, 0.2) is 182 Å². The minimum absolute atomic E-state index is 0.652. The first kappa shape index (κ1) is 28.8. The first-order chi connectivity index (χ1) is 25.8. The van der Waals surface area contributed by atoms with E-state index >= 15 is 0 Å². The van der Waals surface area contributed by atoms with Crippen molar-refractivity contribution in [1.29, 1.82) is 0 Å². The van der Waals surface area contributed by atoms with E-state index < -0.39 is 0 Å². The van der Waals surface area contributed by atoms with Crippen molar-refractivity contribution in [2.45, 2.75) is 0 Å². The highest BCUT2D eigenvalue weighted by Gasteiger charge is 2.21. The van der Waals surface area contributed by atoms with Crippen LogP contribution >= 0.6 is 0 Å². The van der Waals surface area contributed by atoms with E-state index in [0.29, 0.717) is 5.95 Å². The molecule has 11 aromatic rings. The summed E-state index contributed by atoms with van der Waals surface area (Å²) in [6.45, 7) is 0. The van der Waals surface area contributed by atoms with Crippen LogP contribution in [0.1, 0.15) is 0 Å². The van der Waals surface area contributed by atoms with Crippen LogP contribution in [0.5, 0.6) is 0 Å². The van der Waals surface area contributed by atoms with Crippen LogP contribution in [0.2, 0.25) is 0 Å². The molecule has 52 heavy (non-hydrogen) atoms. The molecular formula is C48H30N4. The zero-order chi connectivity index (χ0) is 34.2. The molecule has 0 radical (unpaired) electrons. The Morgan fingerprint density at radius 3 is 1.79 bits per heavy atom. The Morgan fingerprint density at radius 1 is 0.346 bits per heavy atom. The number of fused-ring (bicyclic) bond motifs is 9. The van der Waals surface area contributed by atoms with Crippen molar-refractivity contribution in [3.8, 4) is 34.0 Å². The maximum absolute atomic E-state index is 5.41. The molecule has 8 aromatic carbocycles. The number of hydrogen-bond acceptors (Lipinski definition) is 2. The highest BCUT2D eigenvalue weighted by atomic mass is 15.2. The first-order valence-corrected chi connectivity index (χ1v) is 17.7. The van der Waals surface area contributed by atoms with Gasteiger partial charge < -0.3 is 4.57 Å². The quantitative estimate of drug-likeness (QED) is 0.188. The molecule has 0 bridgehead atoms. The molecular weight excluding hydrogens is 633 g/mol. The van der Waals surface area contributed by atoms with E-state index in [1.807, 2.05) is 0 Å². The van der Waals surface area contributed by atoms with Gasteiger partial charge in [-0.05, 0) is 52.9 Å². The second-order valence-corrected chi connectivity index (χ2v) is 13.4. The molecule has 242 valence electrons.